The molecule has 1 N–H and O–H groups in total. The van der Waals surface area contributed by atoms with Crippen molar-refractivity contribution < 1.29 is 0 Å². The first-order valence-corrected chi connectivity index (χ1v) is 15.0. The Hall–Kier alpha value is -3.72. The highest BCUT2D eigenvalue weighted by molar-refractivity contribution is 7.21. The zero-order valence-electron chi connectivity index (χ0n) is 23.2. The fourth-order valence-corrected chi connectivity index (χ4v) is 6.57. The molecule has 8 heteroatoms. The summed E-state index contributed by atoms with van der Waals surface area (Å²) in [4.78, 5) is 23.4. The molecule has 0 unspecified atom stereocenters. The maximum Gasteiger partial charge on any atom is 0.167 e. The Bertz CT molecular complexity index is 1470. The maximum atomic E-state index is 5.15. The predicted molar refractivity (Wildman–Crippen MR) is 167 cm³/mol. The number of fused-ring (bicyclic) bond motifs is 1. The van der Waals surface area contributed by atoms with Crippen LogP contribution in [-0.4, -0.2) is 91.2 Å². The number of benzene rings is 3. The molecule has 0 bridgehead atoms. The van der Waals surface area contributed by atoms with Crippen molar-refractivity contribution in [1.29, 1.82) is 0 Å². The largest absolute Gasteiger partial charge is 0.369 e. The first-order chi connectivity index (χ1) is 19.6. The van der Waals surface area contributed by atoms with Crippen molar-refractivity contribution in [3.05, 3.63) is 72.8 Å². The molecule has 2 aliphatic heterocycles. The van der Waals surface area contributed by atoms with Crippen LogP contribution in [0.5, 0.6) is 0 Å². The van der Waals surface area contributed by atoms with Gasteiger partial charge in [0.25, 0.3) is 0 Å². The minimum absolute atomic E-state index is 0.817. The van der Waals surface area contributed by atoms with Gasteiger partial charge in [0.05, 0.1) is 21.6 Å². The van der Waals surface area contributed by atoms with E-state index in [0.717, 1.165) is 91.2 Å². The van der Waals surface area contributed by atoms with E-state index in [-0.39, 0.29) is 0 Å². The summed E-state index contributed by atoms with van der Waals surface area (Å²) in [7, 11) is 4.39. The first-order valence-electron chi connectivity index (χ1n) is 14.1. The van der Waals surface area contributed by atoms with Gasteiger partial charge in [-0.3, -0.25) is 0 Å². The number of hydrogen-bond donors (Lipinski definition) is 1. The van der Waals surface area contributed by atoms with Crippen LogP contribution in [0, 0.1) is 0 Å². The van der Waals surface area contributed by atoms with Crippen LogP contribution < -0.4 is 9.80 Å². The van der Waals surface area contributed by atoms with Crippen LogP contribution >= 0.6 is 11.3 Å². The number of rotatable bonds is 5. The van der Waals surface area contributed by atoms with Crippen molar-refractivity contribution in [3.8, 4) is 33.3 Å². The van der Waals surface area contributed by atoms with Crippen LogP contribution in [0.15, 0.2) is 72.8 Å². The second-order valence-electron chi connectivity index (χ2n) is 11.0. The summed E-state index contributed by atoms with van der Waals surface area (Å²) in [5.74, 6) is 0.817. The molecule has 3 aromatic carbocycles. The summed E-state index contributed by atoms with van der Waals surface area (Å²) in [6, 6.07) is 26.2. The van der Waals surface area contributed by atoms with Gasteiger partial charge in [-0.15, -0.1) is 11.3 Å². The van der Waals surface area contributed by atoms with E-state index in [0.29, 0.717) is 0 Å². The second-order valence-corrected chi connectivity index (χ2v) is 12.0. The minimum atomic E-state index is 0.817. The summed E-state index contributed by atoms with van der Waals surface area (Å²) in [5.41, 5.74) is 7.81. The molecule has 5 aromatic rings. The third kappa shape index (κ3) is 4.98. The molecule has 204 valence electrons. The number of imidazole rings is 1. The Labute approximate surface area is 239 Å². The molecule has 2 saturated heterocycles. The number of nitrogens with zero attached hydrogens (tertiary/aromatic N) is 6. The molecule has 0 radical (unpaired) electrons. The molecule has 2 aliphatic rings. The third-order valence-corrected chi connectivity index (χ3v) is 9.28. The number of hydrogen-bond acceptors (Lipinski definition) is 7. The molecule has 0 saturated carbocycles. The van der Waals surface area contributed by atoms with E-state index < -0.39 is 0 Å². The average molecular weight is 550 g/mol. The van der Waals surface area contributed by atoms with Gasteiger partial charge in [-0.05, 0) is 50.5 Å². The number of H-pyrrole nitrogens is 1. The molecule has 2 fully saturated rings. The Kier molecular flexibility index (Phi) is 6.75. The van der Waals surface area contributed by atoms with Gasteiger partial charge in [0.1, 0.15) is 0 Å². The Morgan fingerprint density at radius 1 is 0.625 bits per heavy atom. The fraction of sp³-hybridized carbons (Fsp3) is 0.312. The fourth-order valence-electron chi connectivity index (χ4n) is 5.66. The van der Waals surface area contributed by atoms with Gasteiger partial charge in [-0.25, -0.2) is 9.97 Å². The highest BCUT2D eigenvalue weighted by Gasteiger charge is 2.20. The Morgan fingerprint density at radius 2 is 1.18 bits per heavy atom. The van der Waals surface area contributed by atoms with Crippen molar-refractivity contribution in [2.75, 3.05) is 76.3 Å². The van der Waals surface area contributed by atoms with E-state index in [2.05, 4.69) is 105 Å². The number of aromatic nitrogens is 3. The molecule has 2 aromatic heterocycles. The smallest absolute Gasteiger partial charge is 0.167 e. The molecule has 40 heavy (non-hydrogen) atoms. The molecule has 4 heterocycles. The Balaban J connectivity index is 1.24. The van der Waals surface area contributed by atoms with Gasteiger partial charge >= 0.3 is 0 Å². The molecule has 0 amide bonds. The average Bonchev–Trinajstić information content (AvgIpc) is 3.63. The number of aromatic amines is 1. The number of nitrogens with one attached hydrogen (secondary N) is 1. The van der Waals surface area contributed by atoms with Crippen LogP contribution in [0.25, 0.3) is 43.6 Å². The van der Waals surface area contributed by atoms with Crippen molar-refractivity contribution in [2.45, 2.75) is 0 Å². The van der Waals surface area contributed by atoms with Crippen LogP contribution in [0.2, 0.25) is 0 Å². The lowest BCUT2D eigenvalue weighted by atomic mass is 10.0. The van der Waals surface area contributed by atoms with Crippen LogP contribution in [0.4, 0.5) is 11.4 Å². The van der Waals surface area contributed by atoms with Crippen molar-refractivity contribution in [3.63, 3.8) is 0 Å². The summed E-state index contributed by atoms with van der Waals surface area (Å²) in [6.07, 6.45) is 0. The summed E-state index contributed by atoms with van der Waals surface area (Å²) < 4.78 is 1.17. The predicted octanol–water partition coefficient (Wildman–Crippen LogP) is 5.52. The van der Waals surface area contributed by atoms with Crippen molar-refractivity contribution >= 4 is 32.9 Å². The lowest BCUT2D eigenvalue weighted by Crippen LogP contribution is -2.44. The normalized spacial score (nSPS) is 17.1. The standard InChI is InChI=1S/C32H35N7S/c1-36-15-19-38(20-16-36)25-11-7-23(8-12-25)29-30(24-9-13-26(14-10-24)39-21-17-37(2)18-22-39)35-31(34-29)32-33-27-5-3-4-6-28(27)40-32/h3-14H,15-22H2,1-2H3,(H,34,35). The number of thiazole rings is 1. The molecule has 0 spiro atoms. The SMILES string of the molecule is CN1CCN(c2ccc(-c3nc(-c4nc5ccccc5s4)[nH]c3-c3ccc(N4CCN(C)CC4)cc3)cc2)CC1. The molecular weight excluding hydrogens is 514 g/mol. The topological polar surface area (TPSA) is 54.5 Å². The molecule has 7 rings (SSSR count). The molecule has 7 nitrogen and oxygen atoms in total. The van der Waals surface area contributed by atoms with E-state index in [9.17, 15) is 0 Å². The van der Waals surface area contributed by atoms with E-state index in [1.165, 1.54) is 16.1 Å². The van der Waals surface area contributed by atoms with Gasteiger partial charge < -0.3 is 24.6 Å². The summed E-state index contributed by atoms with van der Waals surface area (Å²) in [6.45, 7) is 8.64. The molecular formula is C32H35N7S. The van der Waals surface area contributed by atoms with E-state index in [1.54, 1.807) is 11.3 Å². The highest BCUT2D eigenvalue weighted by atomic mass is 32.1. The van der Waals surface area contributed by atoms with E-state index in [4.69, 9.17) is 9.97 Å². The van der Waals surface area contributed by atoms with Gasteiger partial charge in [0, 0.05) is 74.9 Å². The summed E-state index contributed by atoms with van der Waals surface area (Å²) in [5, 5.41) is 0.914. The van der Waals surface area contributed by atoms with E-state index in [1.807, 2.05) is 6.07 Å². The number of piperazine rings is 2. The van der Waals surface area contributed by atoms with Gasteiger partial charge in [0.2, 0.25) is 0 Å². The van der Waals surface area contributed by atoms with Gasteiger partial charge in [0.15, 0.2) is 10.8 Å². The van der Waals surface area contributed by atoms with Gasteiger partial charge in [-0.1, -0.05) is 36.4 Å². The first kappa shape index (κ1) is 25.3. The van der Waals surface area contributed by atoms with Gasteiger partial charge in [-0.2, -0.15) is 0 Å². The zero-order valence-corrected chi connectivity index (χ0v) is 24.0. The summed E-state index contributed by atoms with van der Waals surface area (Å²) >= 11 is 1.68. The maximum absolute atomic E-state index is 5.15. The zero-order chi connectivity index (χ0) is 27.1. The lowest BCUT2D eigenvalue weighted by molar-refractivity contribution is 0.313. The highest BCUT2D eigenvalue weighted by Crippen LogP contribution is 2.37. The van der Waals surface area contributed by atoms with E-state index >= 15 is 0 Å². The van der Waals surface area contributed by atoms with Crippen LogP contribution in [0.1, 0.15) is 0 Å². The number of para-hydroxylation sites is 1. The van der Waals surface area contributed by atoms with Crippen LogP contribution in [0.3, 0.4) is 0 Å². The second kappa shape index (κ2) is 10.7. The minimum Gasteiger partial charge on any atom is -0.369 e. The number of anilines is 2. The van der Waals surface area contributed by atoms with Crippen molar-refractivity contribution in [1.82, 2.24) is 24.8 Å². The Morgan fingerprint density at radius 3 is 1.75 bits per heavy atom. The quantitative estimate of drug-likeness (QED) is 0.311. The monoisotopic (exact) mass is 549 g/mol. The van der Waals surface area contributed by atoms with Crippen LogP contribution in [-0.2, 0) is 0 Å². The lowest BCUT2D eigenvalue weighted by Gasteiger charge is -2.34. The van der Waals surface area contributed by atoms with Crippen molar-refractivity contribution in [2.24, 2.45) is 0 Å². The molecule has 0 aliphatic carbocycles. The third-order valence-electron chi connectivity index (χ3n) is 8.23. The molecule has 0 atom stereocenters. The number of likely N-dealkylation sites (N-methyl/N-ethyl adjacent to an activating group) is 2.